The summed E-state index contributed by atoms with van der Waals surface area (Å²) in [5, 5.41) is 9.78. The van der Waals surface area contributed by atoms with Crippen LogP contribution in [0.5, 0.6) is 0 Å². The van der Waals surface area contributed by atoms with Crippen molar-refractivity contribution in [2.45, 2.75) is 322 Å². The molecule has 0 fully saturated rings. The van der Waals surface area contributed by atoms with Gasteiger partial charge in [-0.15, -0.1) is 0 Å². The maximum absolute atomic E-state index is 13.0. The number of quaternary nitrogens is 1. The van der Waals surface area contributed by atoms with Crippen LogP contribution < -0.4 is 0 Å². The molecule has 2 unspecified atom stereocenters. The molecule has 0 saturated heterocycles. The van der Waals surface area contributed by atoms with Gasteiger partial charge in [-0.1, -0.05) is 338 Å². The highest BCUT2D eigenvalue weighted by molar-refractivity contribution is 5.71. The molecule has 0 rings (SSSR count). The summed E-state index contributed by atoms with van der Waals surface area (Å²) in [6.45, 7) is 4.66. The van der Waals surface area contributed by atoms with Crippen molar-refractivity contribution in [1.29, 1.82) is 0 Å². The van der Waals surface area contributed by atoms with Crippen LogP contribution in [-0.2, 0) is 33.3 Å². The largest absolute Gasteiger partial charge is 0.477 e. The van der Waals surface area contributed by atoms with Crippen LogP contribution in [0.4, 0.5) is 0 Å². The number of likely N-dealkylation sites (N-methyl/N-ethyl adjacent to an activating group) is 1. The van der Waals surface area contributed by atoms with Gasteiger partial charge in [0.15, 0.2) is 6.10 Å². The normalized spacial score (nSPS) is 13.6. The number of unbranched alkanes of at least 4 members (excludes halogenated alkanes) is 28. The second-order valence-corrected chi connectivity index (χ2v) is 26.9. The van der Waals surface area contributed by atoms with Gasteiger partial charge in [0.1, 0.15) is 13.2 Å². The van der Waals surface area contributed by atoms with Crippen molar-refractivity contribution in [2.75, 3.05) is 47.5 Å². The molecule has 0 radical (unpaired) electrons. The van der Waals surface area contributed by atoms with E-state index in [4.69, 9.17) is 18.9 Å². The van der Waals surface area contributed by atoms with E-state index >= 15 is 0 Å². The van der Waals surface area contributed by atoms with Crippen LogP contribution >= 0.6 is 0 Å². The number of carboxylic acid groups (broad SMARTS) is 1. The standard InChI is InChI=1S/C88H145NO8/c1-6-8-10-12-14-16-18-20-22-24-26-28-30-32-34-36-38-40-41-42-43-44-45-47-49-51-53-55-57-59-61-63-65-67-69-71-73-75-77-79-86(91)97-84(83-96-88(87(92)93)94-81-80-89(3,4)5)82-95-85(90)78-76-74-72-70-68-66-64-62-60-58-56-54-52-50-48-46-39-37-35-33-31-29-27-25-23-21-19-17-15-13-11-9-7-2/h8-11,14-17,20-23,26-29,32-35,38-40,42-43,45-47,84,88H,6-7,12-13,18-19,24-25,30-31,36-37,41,44,48-83H2,1-5H3/p+1/b10-8-,11-9-,16-14-,17-15-,22-20-,23-21-,28-26-,29-27-,34-32-,35-33-,40-38-,43-42-,46-39-,47-45-. The van der Waals surface area contributed by atoms with Crippen molar-refractivity contribution in [2.24, 2.45) is 0 Å². The maximum atomic E-state index is 13.0. The van der Waals surface area contributed by atoms with Gasteiger partial charge in [-0.3, -0.25) is 9.59 Å². The number of allylic oxidation sites excluding steroid dienone is 28. The number of carboxylic acids is 1. The van der Waals surface area contributed by atoms with Crippen LogP contribution in [0.25, 0.3) is 0 Å². The highest BCUT2D eigenvalue weighted by Gasteiger charge is 2.25. The summed E-state index contributed by atoms with van der Waals surface area (Å²) in [5.74, 6) is -2.01. The third-order valence-electron chi connectivity index (χ3n) is 16.5. The van der Waals surface area contributed by atoms with Crippen LogP contribution in [0, 0.1) is 0 Å². The van der Waals surface area contributed by atoms with E-state index in [-0.39, 0.29) is 32.2 Å². The first-order valence-electron chi connectivity index (χ1n) is 39.3. The Hall–Kier alpha value is -5.35. The summed E-state index contributed by atoms with van der Waals surface area (Å²) in [7, 11) is 5.98. The molecule has 97 heavy (non-hydrogen) atoms. The van der Waals surface area contributed by atoms with Gasteiger partial charge in [0.2, 0.25) is 0 Å². The Labute approximate surface area is 597 Å². The second kappa shape index (κ2) is 76.4. The molecule has 0 bridgehead atoms. The molecule has 9 heteroatoms. The Morgan fingerprint density at radius 2 is 0.557 bits per heavy atom. The van der Waals surface area contributed by atoms with E-state index in [0.29, 0.717) is 23.9 Å². The minimum Gasteiger partial charge on any atom is -0.477 e. The van der Waals surface area contributed by atoms with Crippen molar-refractivity contribution in [1.82, 2.24) is 0 Å². The number of carbonyl (C=O) groups excluding carboxylic acids is 2. The van der Waals surface area contributed by atoms with E-state index in [0.717, 1.165) is 128 Å². The summed E-state index contributed by atoms with van der Waals surface area (Å²) in [6, 6.07) is 0. The lowest BCUT2D eigenvalue weighted by Gasteiger charge is -2.25. The molecular weight excluding hydrogens is 1200 g/mol. The van der Waals surface area contributed by atoms with Gasteiger partial charge in [-0.05, 0) is 128 Å². The van der Waals surface area contributed by atoms with Gasteiger partial charge in [0.25, 0.3) is 6.29 Å². The predicted octanol–water partition coefficient (Wildman–Crippen LogP) is 25.4. The van der Waals surface area contributed by atoms with Crippen molar-refractivity contribution < 1.29 is 42.9 Å². The van der Waals surface area contributed by atoms with Crippen LogP contribution in [0.2, 0.25) is 0 Å². The van der Waals surface area contributed by atoms with Gasteiger partial charge >= 0.3 is 17.9 Å². The summed E-state index contributed by atoms with van der Waals surface area (Å²) in [6.07, 6.45) is 112. The minimum atomic E-state index is -1.52. The highest BCUT2D eigenvalue weighted by atomic mass is 16.7. The molecule has 2 atom stereocenters. The lowest BCUT2D eigenvalue weighted by Crippen LogP contribution is -2.40. The molecule has 550 valence electrons. The molecule has 0 aromatic rings. The van der Waals surface area contributed by atoms with E-state index in [1.807, 2.05) is 21.1 Å². The van der Waals surface area contributed by atoms with Gasteiger partial charge in [-0.25, -0.2) is 4.79 Å². The number of aliphatic carboxylic acids is 1. The number of rotatable bonds is 71. The van der Waals surface area contributed by atoms with E-state index < -0.39 is 24.3 Å². The summed E-state index contributed by atoms with van der Waals surface area (Å²) in [4.78, 5) is 37.7. The third-order valence-corrected chi connectivity index (χ3v) is 16.5. The van der Waals surface area contributed by atoms with Crippen molar-refractivity contribution in [3.8, 4) is 0 Å². The Bertz CT molecular complexity index is 2210. The lowest BCUT2D eigenvalue weighted by molar-refractivity contribution is -0.870. The van der Waals surface area contributed by atoms with Crippen LogP contribution in [-0.4, -0.2) is 87.4 Å². The molecular formula is C88H146NO8+. The van der Waals surface area contributed by atoms with E-state index in [1.165, 1.54) is 148 Å². The fraction of sp³-hybridized carbons (Fsp3) is 0.648. The Balaban J connectivity index is 4.09. The number of carbonyl (C=O) groups is 3. The fourth-order valence-electron chi connectivity index (χ4n) is 10.6. The third kappa shape index (κ3) is 77.9. The van der Waals surface area contributed by atoms with Gasteiger partial charge in [-0.2, -0.15) is 0 Å². The molecule has 0 aromatic carbocycles. The molecule has 9 nitrogen and oxygen atoms in total. The minimum absolute atomic E-state index is 0.181. The van der Waals surface area contributed by atoms with Crippen LogP contribution in [0.15, 0.2) is 170 Å². The first kappa shape index (κ1) is 91.6. The van der Waals surface area contributed by atoms with Crippen molar-refractivity contribution in [3.63, 3.8) is 0 Å². The summed E-state index contributed by atoms with van der Waals surface area (Å²) < 4.78 is 23.0. The first-order chi connectivity index (χ1) is 47.6. The second-order valence-electron chi connectivity index (χ2n) is 26.9. The number of nitrogens with zero attached hydrogens (tertiary/aromatic N) is 1. The zero-order valence-corrected chi connectivity index (χ0v) is 62.9. The van der Waals surface area contributed by atoms with Crippen LogP contribution in [0.1, 0.15) is 309 Å². The molecule has 0 aliphatic carbocycles. The Kier molecular flexibility index (Phi) is 72.2. The highest BCUT2D eigenvalue weighted by Crippen LogP contribution is 2.17. The van der Waals surface area contributed by atoms with E-state index in [1.54, 1.807) is 0 Å². The number of esters is 2. The average molecular weight is 1350 g/mol. The summed E-state index contributed by atoms with van der Waals surface area (Å²) in [5.41, 5.74) is 0. The zero-order chi connectivity index (χ0) is 70.4. The molecule has 1 N–H and O–H groups in total. The quantitative estimate of drug-likeness (QED) is 0.0211. The number of hydrogen-bond acceptors (Lipinski definition) is 7. The van der Waals surface area contributed by atoms with Gasteiger partial charge < -0.3 is 28.5 Å². The summed E-state index contributed by atoms with van der Waals surface area (Å²) >= 11 is 0. The maximum Gasteiger partial charge on any atom is 0.361 e. The van der Waals surface area contributed by atoms with Gasteiger partial charge in [0.05, 0.1) is 34.4 Å². The SMILES string of the molecule is CC/C=C\C/C=C\C/C=C\C/C=C\C/C=C\C/C=C\C/C=C\C/C=C\CCCCCCCCCCCCCCCCC(=O)OC(COC(=O)CCCCCCCCCCCCCCCC/C=C\C/C=C\C/C=C\C/C=C\C/C=C\C/C=C\CC)COC(OCC[N+](C)(C)C)C(=O)O. The van der Waals surface area contributed by atoms with E-state index in [9.17, 15) is 19.5 Å². The molecule has 0 heterocycles. The Morgan fingerprint density at radius 1 is 0.309 bits per heavy atom. The number of ether oxygens (including phenoxy) is 4. The van der Waals surface area contributed by atoms with Crippen molar-refractivity contribution >= 4 is 17.9 Å². The zero-order valence-electron chi connectivity index (χ0n) is 62.9. The van der Waals surface area contributed by atoms with Gasteiger partial charge in [0, 0.05) is 12.8 Å². The topological polar surface area (TPSA) is 108 Å². The Morgan fingerprint density at radius 3 is 0.825 bits per heavy atom. The molecule has 0 amide bonds. The van der Waals surface area contributed by atoms with E-state index in [2.05, 4.69) is 184 Å². The monoisotopic (exact) mass is 1350 g/mol. The van der Waals surface area contributed by atoms with Crippen molar-refractivity contribution in [3.05, 3.63) is 170 Å². The lowest BCUT2D eigenvalue weighted by atomic mass is 10.0. The first-order valence-corrected chi connectivity index (χ1v) is 39.3. The predicted molar refractivity (Wildman–Crippen MR) is 419 cm³/mol. The molecule has 0 aromatic heterocycles. The average Bonchev–Trinajstić information content (AvgIpc) is 2.39. The number of hydrogen-bond donors (Lipinski definition) is 1. The molecule has 0 spiro atoms. The van der Waals surface area contributed by atoms with Crippen LogP contribution in [0.3, 0.4) is 0 Å². The molecule has 0 saturated carbocycles. The smallest absolute Gasteiger partial charge is 0.361 e. The molecule has 0 aliphatic rings. The molecule has 0 aliphatic heterocycles. The fourth-order valence-corrected chi connectivity index (χ4v) is 10.6.